The number of hydrogen-bond donors (Lipinski definition) is 1. The molecule has 0 aliphatic carbocycles. The van der Waals surface area contributed by atoms with Crippen LogP contribution in [-0.4, -0.2) is 26.7 Å². The van der Waals surface area contributed by atoms with Crippen LogP contribution in [0.3, 0.4) is 0 Å². The van der Waals surface area contributed by atoms with Crippen molar-refractivity contribution in [2.75, 3.05) is 20.8 Å². The third kappa shape index (κ3) is 5.21. The average molecular weight is 315 g/mol. The van der Waals surface area contributed by atoms with E-state index in [2.05, 4.69) is 5.32 Å². The van der Waals surface area contributed by atoms with Gasteiger partial charge in [-0.25, -0.2) is 0 Å². The zero-order valence-corrected chi connectivity index (χ0v) is 13.4. The molecule has 2 aromatic carbocycles. The van der Waals surface area contributed by atoms with Crippen LogP contribution >= 0.6 is 0 Å². The summed E-state index contributed by atoms with van der Waals surface area (Å²) in [6.45, 7) is 0.784. The van der Waals surface area contributed by atoms with Crippen molar-refractivity contribution in [2.45, 2.75) is 13.0 Å². The van der Waals surface area contributed by atoms with Crippen molar-refractivity contribution in [3.63, 3.8) is 0 Å². The molecule has 0 saturated carbocycles. The maximum atomic E-state index is 11.8. The molecule has 0 spiro atoms. The first-order valence-electron chi connectivity index (χ1n) is 7.38. The van der Waals surface area contributed by atoms with Crippen molar-refractivity contribution >= 4 is 5.91 Å². The standard InChI is InChI=1S/C18H21NO4/c1-21-16-9-8-14(12-17(16)22-2)13-19-18(20)10-11-23-15-6-4-3-5-7-15/h3-9,12H,10-11,13H2,1-2H3,(H,19,20). The summed E-state index contributed by atoms with van der Waals surface area (Å²) in [5.74, 6) is 2.02. The molecule has 0 bridgehead atoms. The molecule has 2 rings (SSSR count). The molecular weight excluding hydrogens is 294 g/mol. The van der Waals surface area contributed by atoms with Crippen molar-refractivity contribution in [3.05, 3.63) is 54.1 Å². The molecule has 5 heteroatoms. The normalized spacial score (nSPS) is 10.0. The molecule has 5 nitrogen and oxygen atoms in total. The summed E-state index contributed by atoms with van der Waals surface area (Å²) >= 11 is 0. The average Bonchev–Trinajstić information content (AvgIpc) is 2.60. The topological polar surface area (TPSA) is 56.8 Å². The molecule has 2 aromatic rings. The SMILES string of the molecule is COc1ccc(CNC(=O)CCOc2ccccc2)cc1OC. The van der Waals surface area contributed by atoms with Gasteiger partial charge in [-0.2, -0.15) is 0 Å². The molecule has 1 N–H and O–H groups in total. The summed E-state index contributed by atoms with van der Waals surface area (Å²) in [7, 11) is 3.17. The molecule has 122 valence electrons. The first-order valence-corrected chi connectivity index (χ1v) is 7.38. The molecule has 0 heterocycles. The van der Waals surface area contributed by atoms with E-state index in [0.29, 0.717) is 31.1 Å². The lowest BCUT2D eigenvalue weighted by Crippen LogP contribution is -2.24. The highest BCUT2D eigenvalue weighted by Gasteiger charge is 2.06. The van der Waals surface area contributed by atoms with E-state index in [1.807, 2.05) is 48.5 Å². The van der Waals surface area contributed by atoms with E-state index in [-0.39, 0.29) is 5.91 Å². The zero-order chi connectivity index (χ0) is 16.5. The van der Waals surface area contributed by atoms with Gasteiger partial charge >= 0.3 is 0 Å². The van der Waals surface area contributed by atoms with Gasteiger partial charge in [-0.1, -0.05) is 24.3 Å². The Morgan fingerprint density at radius 1 is 1.00 bits per heavy atom. The van der Waals surface area contributed by atoms with Crippen LogP contribution in [0.1, 0.15) is 12.0 Å². The summed E-state index contributed by atoms with van der Waals surface area (Å²) in [5.41, 5.74) is 0.944. The summed E-state index contributed by atoms with van der Waals surface area (Å²) in [4.78, 5) is 11.8. The molecule has 23 heavy (non-hydrogen) atoms. The molecule has 0 aliphatic rings. The van der Waals surface area contributed by atoms with Gasteiger partial charge in [-0.15, -0.1) is 0 Å². The van der Waals surface area contributed by atoms with Gasteiger partial charge in [0.15, 0.2) is 11.5 Å². The highest BCUT2D eigenvalue weighted by Crippen LogP contribution is 2.27. The second-order valence-electron chi connectivity index (χ2n) is 4.88. The van der Waals surface area contributed by atoms with E-state index in [0.717, 1.165) is 11.3 Å². The first kappa shape index (κ1) is 16.7. The van der Waals surface area contributed by atoms with Crippen LogP contribution in [0.5, 0.6) is 17.2 Å². The third-order valence-corrected chi connectivity index (χ3v) is 3.28. The number of nitrogens with one attached hydrogen (secondary N) is 1. The lowest BCUT2D eigenvalue weighted by molar-refractivity contribution is -0.121. The van der Waals surface area contributed by atoms with E-state index >= 15 is 0 Å². The fourth-order valence-corrected chi connectivity index (χ4v) is 2.06. The largest absolute Gasteiger partial charge is 0.493 e. The number of para-hydroxylation sites is 1. The highest BCUT2D eigenvalue weighted by molar-refractivity contribution is 5.76. The van der Waals surface area contributed by atoms with Crippen molar-refractivity contribution in [1.29, 1.82) is 0 Å². The van der Waals surface area contributed by atoms with Gasteiger partial charge in [0, 0.05) is 6.54 Å². The predicted octanol–water partition coefficient (Wildman–Crippen LogP) is 2.79. The summed E-state index contributed by atoms with van der Waals surface area (Å²) < 4.78 is 15.9. The van der Waals surface area contributed by atoms with Crippen LogP contribution in [0.4, 0.5) is 0 Å². The summed E-state index contributed by atoms with van der Waals surface area (Å²) in [6.07, 6.45) is 0.308. The molecule has 0 saturated heterocycles. The number of carbonyl (C=O) groups is 1. The number of amides is 1. The molecule has 0 unspecified atom stereocenters. The van der Waals surface area contributed by atoms with Gasteiger partial charge in [0.05, 0.1) is 27.2 Å². The molecular formula is C18H21NO4. The Bertz CT molecular complexity index is 628. The molecule has 0 aromatic heterocycles. The van der Waals surface area contributed by atoms with Crippen LogP contribution in [0.15, 0.2) is 48.5 Å². The predicted molar refractivity (Wildman–Crippen MR) is 87.9 cm³/mol. The lowest BCUT2D eigenvalue weighted by atomic mass is 10.2. The number of benzene rings is 2. The van der Waals surface area contributed by atoms with Gasteiger partial charge in [0.2, 0.25) is 5.91 Å². The number of rotatable bonds is 8. The van der Waals surface area contributed by atoms with Crippen molar-refractivity contribution in [2.24, 2.45) is 0 Å². The van der Waals surface area contributed by atoms with E-state index < -0.39 is 0 Å². The van der Waals surface area contributed by atoms with Gasteiger partial charge in [0.25, 0.3) is 0 Å². The fraction of sp³-hybridized carbons (Fsp3) is 0.278. The summed E-state index contributed by atoms with van der Waals surface area (Å²) in [5, 5.41) is 2.86. The van der Waals surface area contributed by atoms with Gasteiger partial charge in [-0.05, 0) is 29.8 Å². The third-order valence-electron chi connectivity index (χ3n) is 3.28. The Hall–Kier alpha value is -2.69. The van der Waals surface area contributed by atoms with Gasteiger partial charge in [0.1, 0.15) is 5.75 Å². The Balaban J connectivity index is 1.76. The Morgan fingerprint density at radius 2 is 1.74 bits per heavy atom. The molecule has 0 fully saturated rings. The molecule has 0 atom stereocenters. The van der Waals surface area contributed by atoms with Gasteiger partial charge in [-0.3, -0.25) is 4.79 Å². The maximum absolute atomic E-state index is 11.8. The molecule has 1 amide bonds. The van der Waals surface area contributed by atoms with Crippen LogP contribution in [0, 0.1) is 0 Å². The number of ether oxygens (including phenoxy) is 3. The van der Waals surface area contributed by atoms with Crippen LogP contribution < -0.4 is 19.5 Å². The maximum Gasteiger partial charge on any atom is 0.223 e. The number of methoxy groups -OCH3 is 2. The fourth-order valence-electron chi connectivity index (χ4n) is 2.06. The van der Waals surface area contributed by atoms with E-state index in [1.54, 1.807) is 14.2 Å². The minimum absolute atomic E-state index is 0.0595. The minimum atomic E-state index is -0.0595. The lowest BCUT2D eigenvalue weighted by Gasteiger charge is -2.10. The second kappa shape index (κ2) is 8.68. The smallest absolute Gasteiger partial charge is 0.223 e. The van der Waals surface area contributed by atoms with Crippen molar-refractivity contribution < 1.29 is 19.0 Å². The Kier molecular flexibility index (Phi) is 6.29. The first-order chi connectivity index (χ1) is 11.2. The van der Waals surface area contributed by atoms with Crippen LogP contribution in [-0.2, 0) is 11.3 Å². The van der Waals surface area contributed by atoms with Crippen LogP contribution in [0.25, 0.3) is 0 Å². The monoisotopic (exact) mass is 315 g/mol. The van der Waals surface area contributed by atoms with E-state index in [9.17, 15) is 4.79 Å². The summed E-state index contributed by atoms with van der Waals surface area (Å²) in [6, 6.07) is 15.0. The van der Waals surface area contributed by atoms with E-state index in [4.69, 9.17) is 14.2 Å². The van der Waals surface area contributed by atoms with Crippen LogP contribution in [0.2, 0.25) is 0 Å². The Labute approximate surface area is 136 Å². The number of hydrogen-bond acceptors (Lipinski definition) is 4. The molecule has 0 aliphatic heterocycles. The minimum Gasteiger partial charge on any atom is -0.493 e. The van der Waals surface area contributed by atoms with E-state index in [1.165, 1.54) is 0 Å². The Morgan fingerprint density at radius 3 is 2.43 bits per heavy atom. The second-order valence-corrected chi connectivity index (χ2v) is 4.88. The van der Waals surface area contributed by atoms with Gasteiger partial charge < -0.3 is 19.5 Å². The van der Waals surface area contributed by atoms with Crippen molar-refractivity contribution in [3.8, 4) is 17.2 Å². The zero-order valence-electron chi connectivity index (χ0n) is 13.4. The highest BCUT2D eigenvalue weighted by atomic mass is 16.5. The quantitative estimate of drug-likeness (QED) is 0.814. The van der Waals surface area contributed by atoms with Crippen molar-refractivity contribution in [1.82, 2.24) is 5.32 Å². The number of carbonyl (C=O) groups excluding carboxylic acids is 1. The molecule has 0 radical (unpaired) electrons.